The molecule has 2 heterocycles. The van der Waals surface area contributed by atoms with Crippen molar-refractivity contribution in [3.63, 3.8) is 0 Å². The molecule has 2 aliphatic heterocycles. The Morgan fingerprint density at radius 3 is 2.83 bits per heavy atom. The third-order valence-corrected chi connectivity index (χ3v) is 3.71. The van der Waals surface area contributed by atoms with Gasteiger partial charge in [-0.05, 0) is 52.6 Å². The summed E-state index contributed by atoms with van der Waals surface area (Å²) in [6.45, 7) is 7.49. The van der Waals surface area contributed by atoms with E-state index in [1.165, 1.54) is 0 Å². The zero-order valence-corrected chi connectivity index (χ0v) is 11.5. The van der Waals surface area contributed by atoms with Crippen molar-refractivity contribution in [1.82, 2.24) is 10.2 Å². The molecule has 2 rings (SSSR count). The summed E-state index contributed by atoms with van der Waals surface area (Å²) in [6, 6.07) is 0.132. The minimum absolute atomic E-state index is 0.0201. The number of rotatable bonds is 1. The first-order valence-corrected chi connectivity index (χ1v) is 6.75. The second kappa shape index (κ2) is 5.05. The zero-order valence-electron chi connectivity index (χ0n) is 11.5. The highest BCUT2D eigenvalue weighted by Crippen LogP contribution is 2.34. The van der Waals surface area contributed by atoms with Crippen LogP contribution in [0.25, 0.3) is 0 Å². The van der Waals surface area contributed by atoms with Crippen LogP contribution in [0.4, 0.5) is 4.79 Å². The van der Waals surface area contributed by atoms with Crippen LogP contribution < -0.4 is 5.32 Å². The molecular weight excluding hydrogens is 232 g/mol. The van der Waals surface area contributed by atoms with Gasteiger partial charge in [0.15, 0.2) is 0 Å². The SMILES string of the molecule is CC(C)(C)OC(=O)N1[C@H](CO)C[C@@H]2CNCC[C@@H]21. The molecule has 2 saturated heterocycles. The highest BCUT2D eigenvalue weighted by Gasteiger charge is 2.45. The van der Waals surface area contributed by atoms with Crippen LogP contribution in [0.3, 0.4) is 0 Å². The van der Waals surface area contributed by atoms with Gasteiger partial charge >= 0.3 is 6.09 Å². The summed E-state index contributed by atoms with van der Waals surface area (Å²) in [5.41, 5.74) is -0.484. The van der Waals surface area contributed by atoms with Crippen molar-refractivity contribution in [3.05, 3.63) is 0 Å². The Bertz CT molecular complexity index is 314. The fourth-order valence-electron chi connectivity index (χ4n) is 3.01. The first-order valence-electron chi connectivity index (χ1n) is 6.75. The van der Waals surface area contributed by atoms with Gasteiger partial charge in [0.2, 0.25) is 0 Å². The molecular formula is C13H24N2O3. The molecule has 0 radical (unpaired) electrons. The van der Waals surface area contributed by atoms with Gasteiger partial charge in [-0.15, -0.1) is 0 Å². The lowest BCUT2D eigenvalue weighted by Crippen LogP contribution is -2.49. The molecule has 0 bridgehead atoms. The average Bonchev–Trinajstić information content (AvgIpc) is 2.64. The molecule has 0 aromatic heterocycles. The summed E-state index contributed by atoms with van der Waals surface area (Å²) in [5.74, 6) is 0.448. The third kappa shape index (κ3) is 2.78. The second-order valence-electron chi connectivity index (χ2n) is 6.28. The van der Waals surface area contributed by atoms with Crippen LogP contribution in [0.1, 0.15) is 33.6 Å². The molecule has 1 amide bonds. The number of carbonyl (C=O) groups excluding carboxylic acids is 1. The quantitative estimate of drug-likeness (QED) is 0.734. The summed E-state index contributed by atoms with van der Waals surface area (Å²) >= 11 is 0. The largest absolute Gasteiger partial charge is 0.444 e. The van der Waals surface area contributed by atoms with E-state index in [0.717, 1.165) is 25.9 Å². The lowest BCUT2D eigenvalue weighted by Gasteiger charge is -2.35. The Kier molecular flexibility index (Phi) is 3.82. The Hall–Kier alpha value is -0.810. The summed E-state index contributed by atoms with van der Waals surface area (Å²) in [5, 5.41) is 12.8. The van der Waals surface area contributed by atoms with Crippen LogP contribution in [-0.4, -0.2) is 53.5 Å². The number of fused-ring (bicyclic) bond motifs is 1. The molecule has 3 atom stereocenters. The summed E-state index contributed by atoms with van der Waals surface area (Å²) in [7, 11) is 0. The maximum atomic E-state index is 12.3. The number of ether oxygens (including phenoxy) is 1. The van der Waals surface area contributed by atoms with Crippen molar-refractivity contribution in [1.29, 1.82) is 0 Å². The fraction of sp³-hybridized carbons (Fsp3) is 0.923. The van der Waals surface area contributed by atoms with Gasteiger partial charge in [-0.1, -0.05) is 0 Å². The van der Waals surface area contributed by atoms with Crippen LogP contribution in [0, 0.1) is 5.92 Å². The van der Waals surface area contributed by atoms with Gasteiger partial charge in [0.25, 0.3) is 0 Å². The fourth-order valence-corrected chi connectivity index (χ4v) is 3.01. The Labute approximate surface area is 108 Å². The van der Waals surface area contributed by atoms with E-state index in [4.69, 9.17) is 4.74 Å². The van der Waals surface area contributed by atoms with Crippen LogP contribution >= 0.6 is 0 Å². The minimum atomic E-state index is -0.484. The van der Waals surface area contributed by atoms with Gasteiger partial charge in [0.05, 0.1) is 12.6 Å². The van der Waals surface area contributed by atoms with Crippen molar-refractivity contribution in [2.24, 2.45) is 5.92 Å². The molecule has 0 spiro atoms. The predicted molar refractivity (Wildman–Crippen MR) is 68.3 cm³/mol. The van der Waals surface area contributed by atoms with Gasteiger partial charge in [-0.3, -0.25) is 4.90 Å². The van der Waals surface area contributed by atoms with Gasteiger partial charge in [-0.25, -0.2) is 4.79 Å². The first-order chi connectivity index (χ1) is 8.42. The standard InChI is InChI=1S/C13H24N2O3/c1-13(2,3)18-12(17)15-10(8-16)6-9-7-14-5-4-11(9)15/h9-11,14,16H,4-8H2,1-3H3/t9-,10+,11+/m1/s1. The third-order valence-electron chi connectivity index (χ3n) is 3.71. The first kappa shape index (κ1) is 13.6. The Morgan fingerprint density at radius 2 is 2.22 bits per heavy atom. The number of likely N-dealkylation sites (tertiary alicyclic amines) is 1. The van der Waals surface area contributed by atoms with Crippen molar-refractivity contribution in [2.45, 2.75) is 51.3 Å². The topological polar surface area (TPSA) is 61.8 Å². The van der Waals surface area contributed by atoms with Crippen LogP contribution in [0.15, 0.2) is 0 Å². The predicted octanol–water partition coefficient (Wildman–Crippen LogP) is 0.966. The van der Waals surface area contributed by atoms with Crippen molar-refractivity contribution in [3.8, 4) is 0 Å². The second-order valence-corrected chi connectivity index (χ2v) is 6.28. The number of hydrogen-bond acceptors (Lipinski definition) is 4. The zero-order chi connectivity index (χ0) is 13.3. The van der Waals surface area contributed by atoms with E-state index in [-0.39, 0.29) is 24.8 Å². The van der Waals surface area contributed by atoms with Crippen LogP contribution in [-0.2, 0) is 4.74 Å². The number of aliphatic hydroxyl groups is 1. The molecule has 2 fully saturated rings. The van der Waals surface area contributed by atoms with Crippen molar-refractivity contribution in [2.75, 3.05) is 19.7 Å². The normalized spacial score (nSPS) is 32.2. The van der Waals surface area contributed by atoms with E-state index >= 15 is 0 Å². The number of carbonyl (C=O) groups is 1. The number of amides is 1. The molecule has 5 nitrogen and oxygen atoms in total. The summed E-state index contributed by atoms with van der Waals surface area (Å²) in [6.07, 6.45) is 1.53. The van der Waals surface area contributed by atoms with E-state index < -0.39 is 5.60 Å². The molecule has 0 aliphatic carbocycles. The smallest absolute Gasteiger partial charge is 0.410 e. The maximum Gasteiger partial charge on any atom is 0.410 e. The number of aliphatic hydroxyl groups excluding tert-OH is 1. The molecule has 0 unspecified atom stereocenters. The van der Waals surface area contributed by atoms with E-state index in [1.807, 2.05) is 20.8 Å². The lowest BCUT2D eigenvalue weighted by atomic mass is 9.94. The van der Waals surface area contributed by atoms with Crippen molar-refractivity contribution >= 4 is 6.09 Å². The minimum Gasteiger partial charge on any atom is -0.444 e. The summed E-state index contributed by atoms with van der Waals surface area (Å²) < 4.78 is 5.46. The van der Waals surface area contributed by atoms with Gasteiger partial charge in [0.1, 0.15) is 5.60 Å². The number of piperidine rings is 1. The monoisotopic (exact) mass is 256 g/mol. The molecule has 5 heteroatoms. The lowest BCUT2D eigenvalue weighted by molar-refractivity contribution is 0.00572. The number of hydrogen-bond donors (Lipinski definition) is 2. The Morgan fingerprint density at radius 1 is 1.50 bits per heavy atom. The number of nitrogens with zero attached hydrogens (tertiary/aromatic N) is 1. The number of nitrogens with one attached hydrogen (secondary N) is 1. The van der Waals surface area contributed by atoms with Gasteiger partial charge in [0, 0.05) is 6.04 Å². The summed E-state index contributed by atoms with van der Waals surface area (Å²) in [4.78, 5) is 14.0. The van der Waals surface area contributed by atoms with Crippen LogP contribution in [0.5, 0.6) is 0 Å². The maximum absolute atomic E-state index is 12.3. The highest BCUT2D eigenvalue weighted by molar-refractivity contribution is 5.69. The van der Waals surface area contributed by atoms with E-state index in [9.17, 15) is 9.90 Å². The van der Waals surface area contributed by atoms with Crippen LogP contribution in [0.2, 0.25) is 0 Å². The Balaban J connectivity index is 2.10. The molecule has 18 heavy (non-hydrogen) atoms. The van der Waals surface area contributed by atoms with Gasteiger partial charge < -0.3 is 15.2 Å². The highest BCUT2D eigenvalue weighted by atomic mass is 16.6. The molecule has 2 aliphatic rings. The molecule has 2 N–H and O–H groups in total. The van der Waals surface area contributed by atoms with E-state index in [2.05, 4.69) is 5.32 Å². The van der Waals surface area contributed by atoms with E-state index in [1.54, 1.807) is 4.90 Å². The average molecular weight is 256 g/mol. The van der Waals surface area contributed by atoms with Crippen molar-refractivity contribution < 1.29 is 14.6 Å². The molecule has 0 saturated carbocycles. The van der Waals surface area contributed by atoms with E-state index in [0.29, 0.717) is 5.92 Å². The molecule has 0 aromatic carbocycles. The molecule has 0 aromatic rings. The molecule has 104 valence electrons. The van der Waals surface area contributed by atoms with Gasteiger partial charge in [-0.2, -0.15) is 0 Å².